The van der Waals surface area contributed by atoms with Crippen molar-refractivity contribution in [2.75, 3.05) is 12.9 Å². The highest BCUT2D eigenvalue weighted by atomic mass is 35.5. The van der Waals surface area contributed by atoms with E-state index in [2.05, 4.69) is 10.3 Å². The molecule has 0 fully saturated rings. The van der Waals surface area contributed by atoms with Gasteiger partial charge in [0.25, 0.3) is 11.5 Å². The highest BCUT2D eigenvalue weighted by Gasteiger charge is 2.28. The number of pyridine rings is 1. The van der Waals surface area contributed by atoms with E-state index in [0.29, 0.717) is 59.1 Å². The summed E-state index contributed by atoms with van der Waals surface area (Å²) in [6, 6.07) is 3.45. The Kier molecular flexibility index (Phi) is 9.08. The van der Waals surface area contributed by atoms with E-state index >= 15 is 0 Å². The van der Waals surface area contributed by atoms with Gasteiger partial charge in [0.05, 0.1) is 5.02 Å². The Morgan fingerprint density at radius 2 is 2.00 bits per heavy atom. The lowest BCUT2D eigenvalue weighted by Gasteiger charge is -2.29. The van der Waals surface area contributed by atoms with Gasteiger partial charge in [-0.1, -0.05) is 18.5 Å². The highest BCUT2D eigenvalue weighted by Crippen LogP contribution is 2.43. The van der Waals surface area contributed by atoms with Crippen LogP contribution in [0.5, 0.6) is 11.5 Å². The summed E-state index contributed by atoms with van der Waals surface area (Å²) in [5, 5.41) is 3.12. The number of ether oxygens (including phenoxy) is 2. The number of carbonyl (C=O) groups excluding carboxylic acids is 2. The predicted molar refractivity (Wildman–Crippen MR) is 135 cm³/mol. The van der Waals surface area contributed by atoms with Crippen molar-refractivity contribution in [2.45, 2.75) is 70.4 Å². The minimum atomic E-state index is -0.356. The van der Waals surface area contributed by atoms with Crippen LogP contribution in [0.25, 0.3) is 0 Å². The van der Waals surface area contributed by atoms with Crippen LogP contribution < -0.4 is 20.3 Å². The Hall–Kier alpha value is -2.45. The molecule has 9 heteroatoms. The van der Waals surface area contributed by atoms with E-state index in [1.165, 1.54) is 11.8 Å². The van der Waals surface area contributed by atoms with Crippen LogP contribution in [0.1, 0.15) is 66.2 Å². The quantitative estimate of drug-likeness (QED) is 0.441. The fourth-order valence-electron chi connectivity index (χ4n) is 3.96. The topological polar surface area (TPSA) is 97.5 Å². The van der Waals surface area contributed by atoms with Gasteiger partial charge < -0.3 is 19.8 Å². The summed E-state index contributed by atoms with van der Waals surface area (Å²) in [4.78, 5) is 40.8. The number of Topliss-reactive ketones (excluding diaryl/α,β-unsaturated/α-hetero) is 1. The molecule has 2 N–H and O–H groups in total. The lowest BCUT2D eigenvalue weighted by molar-refractivity contribution is -0.119. The van der Waals surface area contributed by atoms with Crippen LogP contribution in [0, 0.1) is 13.8 Å². The number of nitrogens with one attached hydrogen (secondary N) is 2. The van der Waals surface area contributed by atoms with Gasteiger partial charge in [0, 0.05) is 46.7 Å². The first-order valence-corrected chi connectivity index (χ1v) is 13.0. The molecule has 1 amide bonds. The Morgan fingerprint density at radius 1 is 1.24 bits per heavy atom. The molecular weight excluding hydrogens is 476 g/mol. The predicted octanol–water partition coefficient (Wildman–Crippen LogP) is 4.98. The number of aromatic amines is 1. The molecule has 1 aliphatic rings. The van der Waals surface area contributed by atoms with Gasteiger partial charge in [-0.05, 0) is 51.5 Å². The van der Waals surface area contributed by atoms with Gasteiger partial charge in [-0.25, -0.2) is 0 Å². The Morgan fingerprint density at radius 3 is 2.71 bits per heavy atom. The van der Waals surface area contributed by atoms with Crippen molar-refractivity contribution in [1.29, 1.82) is 0 Å². The van der Waals surface area contributed by atoms with E-state index < -0.39 is 0 Å². The molecule has 34 heavy (non-hydrogen) atoms. The monoisotopic (exact) mass is 506 g/mol. The molecule has 0 bridgehead atoms. The number of carbonyl (C=O) groups is 2. The van der Waals surface area contributed by atoms with Crippen molar-refractivity contribution in [3.05, 3.63) is 49.9 Å². The van der Waals surface area contributed by atoms with Gasteiger partial charge in [-0.15, -0.1) is 11.8 Å². The van der Waals surface area contributed by atoms with Crippen molar-refractivity contribution in [3.8, 4) is 11.5 Å². The molecule has 0 radical (unpaired) electrons. The summed E-state index contributed by atoms with van der Waals surface area (Å²) in [5.41, 5.74) is 2.03. The standard InChI is InChI=1S/C25H31ClN2O5S/c1-5-7-16(29)8-6-9-17-13-32-23-20(26)11-18(15(3)22(23)33-17)24(30)27-12-19-21(34-4)10-14(2)28-25(19)31/h10-11,17H,5-9,12-13H2,1-4H3,(H,27,30)(H,28,31). The van der Waals surface area contributed by atoms with E-state index in [9.17, 15) is 14.4 Å². The van der Waals surface area contributed by atoms with Gasteiger partial charge in [0.2, 0.25) is 0 Å². The largest absolute Gasteiger partial charge is 0.484 e. The number of halogens is 1. The fraction of sp³-hybridized carbons (Fsp3) is 0.480. The molecule has 1 unspecified atom stereocenters. The number of hydrogen-bond acceptors (Lipinski definition) is 6. The first-order chi connectivity index (χ1) is 16.2. The summed E-state index contributed by atoms with van der Waals surface area (Å²) in [5.74, 6) is 0.778. The molecule has 1 aromatic heterocycles. The van der Waals surface area contributed by atoms with Crippen LogP contribution in [-0.4, -0.2) is 35.6 Å². The van der Waals surface area contributed by atoms with Crippen LogP contribution in [0.15, 0.2) is 21.8 Å². The third kappa shape index (κ3) is 6.16. The Bertz CT molecular complexity index is 1130. The molecule has 7 nitrogen and oxygen atoms in total. The van der Waals surface area contributed by atoms with Crippen molar-refractivity contribution in [1.82, 2.24) is 10.3 Å². The van der Waals surface area contributed by atoms with Gasteiger partial charge in [0.15, 0.2) is 11.5 Å². The zero-order valence-corrected chi connectivity index (χ0v) is 21.6. The molecule has 2 aromatic rings. The first kappa shape index (κ1) is 26.2. The number of rotatable bonds is 10. The van der Waals surface area contributed by atoms with Crippen LogP contribution in [-0.2, 0) is 11.3 Å². The molecule has 0 aliphatic carbocycles. The summed E-state index contributed by atoms with van der Waals surface area (Å²) in [6.45, 7) is 6.03. The summed E-state index contributed by atoms with van der Waals surface area (Å²) in [6.07, 6.45) is 5.05. The second-order valence-electron chi connectivity index (χ2n) is 8.43. The van der Waals surface area contributed by atoms with Crippen LogP contribution >= 0.6 is 23.4 Å². The number of hydrogen-bond donors (Lipinski definition) is 2. The van der Waals surface area contributed by atoms with Crippen molar-refractivity contribution in [2.24, 2.45) is 0 Å². The average molecular weight is 507 g/mol. The molecular formula is C25H31ClN2O5S. The van der Waals surface area contributed by atoms with Crippen LogP contribution in [0.4, 0.5) is 0 Å². The minimum Gasteiger partial charge on any atom is -0.484 e. The number of amides is 1. The van der Waals surface area contributed by atoms with E-state index in [4.69, 9.17) is 21.1 Å². The summed E-state index contributed by atoms with van der Waals surface area (Å²) >= 11 is 7.87. The number of aromatic nitrogens is 1. The number of H-pyrrole nitrogens is 1. The third-order valence-corrected chi connectivity index (χ3v) is 6.85. The number of fused-ring (bicyclic) bond motifs is 1. The van der Waals surface area contributed by atoms with E-state index in [1.54, 1.807) is 13.0 Å². The van der Waals surface area contributed by atoms with Crippen LogP contribution in [0.3, 0.4) is 0 Å². The average Bonchev–Trinajstić information content (AvgIpc) is 2.80. The second kappa shape index (κ2) is 11.8. The molecule has 1 aromatic carbocycles. The van der Waals surface area contributed by atoms with Crippen LogP contribution in [0.2, 0.25) is 5.02 Å². The maximum absolute atomic E-state index is 13.0. The number of aryl methyl sites for hydroxylation is 1. The molecule has 0 saturated heterocycles. The van der Waals surface area contributed by atoms with Crippen molar-refractivity contribution >= 4 is 35.1 Å². The van der Waals surface area contributed by atoms with Crippen molar-refractivity contribution in [3.63, 3.8) is 0 Å². The second-order valence-corrected chi connectivity index (χ2v) is 9.69. The Labute approximate surface area is 208 Å². The zero-order valence-electron chi connectivity index (χ0n) is 20.0. The number of thioether (sulfide) groups is 1. The van der Waals surface area contributed by atoms with Crippen molar-refractivity contribution < 1.29 is 19.1 Å². The Balaban J connectivity index is 1.72. The molecule has 1 atom stereocenters. The maximum Gasteiger partial charge on any atom is 0.254 e. The first-order valence-electron chi connectivity index (χ1n) is 11.4. The summed E-state index contributed by atoms with van der Waals surface area (Å²) in [7, 11) is 0. The highest BCUT2D eigenvalue weighted by molar-refractivity contribution is 7.98. The number of ketones is 1. The summed E-state index contributed by atoms with van der Waals surface area (Å²) < 4.78 is 12.0. The van der Waals surface area contributed by atoms with Gasteiger partial charge in [-0.2, -0.15) is 0 Å². The van der Waals surface area contributed by atoms with Gasteiger partial charge in [0.1, 0.15) is 18.5 Å². The zero-order chi connectivity index (χ0) is 24.8. The van der Waals surface area contributed by atoms with E-state index in [0.717, 1.165) is 23.4 Å². The molecule has 0 spiro atoms. The lowest BCUT2D eigenvalue weighted by atomic mass is 10.0. The fourth-order valence-corrected chi connectivity index (χ4v) is 4.92. The maximum atomic E-state index is 13.0. The molecule has 2 heterocycles. The number of benzene rings is 1. The third-order valence-electron chi connectivity index (χ3n) is 5.77. The van der Waals surface area contributed by atoms with E-state index in [1.807, 2.05) is 26.2 Å². The smallest absolute Gasteiger partial charge is 0.254 e. The van der Waals surface area contributed by atoms with Gasteiger partial charge >= 0.3 is 0 Å². The molecule has 1 aliphatic heterocycles. The van der Waals surface area contributed by atoms with Gasteiger partial charge in [-0.3, -0.25) is 14.4 Å². The lowest BCUT2D eigenvalue weighted by Crippen LogP contribution is -2.31. The SMILES string of the molecule is CCCC(=O)CCCC1COc2c(Cl)cc(C(=O)NCc3c(SC)cc(C)[nH]c3=O)c(C)c2O1. The molecule has 184 valence electrons. The molecule has 3 rings (SSSR count). The molecule has 0 saturated carbocycles. The van der Waals surface area contributed by atoms with E-state index in [-0.39, 0.29) is 29.9 Å². The minimum absolute atomic E-state index is 0.0878. The normalized spacial score (nSPS) is 14.7.